The van der Waals surface area contributed by atoms with E-state index in [1.165, 1.54) is 25.9 Å². The van der Waals surface area contributed by atoms with E-state index < -0.39 is 0 Å². The summed E-state index contributed by atoms with van der Waals surface area (Å²) < 4.78 is 2.12. The molecule has 3 heterocycles. The summed E-state index contributed by atoms with van der Waals surface area (Å²) in [6.07, 6.45) is 4.66. The summed E-state index contributed by atoms with van der Waals surface area (Å²) >= 11 is 0. The highest BCUT2D eigenvalue weighted by Gasteiger charge is 2.20. The molecule has 1 fully saturated rings. The molecule has 3 rings (SSSR count). The summed E-state index contributed by atoms with van der Waals surface area (Å²) in [5.74, 6) is 0. The van der Waals surface area contributed by atoms with E-state index in [1.54, 1.807) is 0 Å². The molecule has 2 aromatic rings. The highest BCUT2D eigenvalue weighted by molar-refractivity contribution is 5.43. The SMILES string of the molecule is Cc1nc2ccccn2c1C(N)CN1CCCC1. The predicted molar refractivity (Wildman–Crippen MR) is 72.5 cm³/mol. The zero-order chi connectivity index (χ0) is 12.5. The molecule has 4 heteroatoms. The van der Waals surface area contributed by atoms with Crippen molar-refractivity contribution < 1.29 is 0 Å². The molecule has 18 heavy (non-hydrogen) atoms. The van der Waals surface area contributed by atoms with Crippen LogP contribution in [0, 0.1) is 6.92 Å². The maximum atomic E-state index is 6.38. The molecular formula is C14H20N4. The Labute approximate surface area is 107 Å². The third kappa shape index (κ3) is 2.02. The van der Waals surface area contributed by atoms with E-state index in [0.29, 0.717) is 0 Å². The Morgan fingerprint density at radius 1 is 1.33 bits per heavy atom. The Bertz CT molecular complexity index is 540. The van der Waals surface area contributed by atoms with Gasteiger partial charge in [-0.1, -0.05) is 6.07 Å². The smallest absolute Gasteiger partial charge is 0.137 e. The summed E-state index contributed by atoms with van der Waals surface area (Å²) in [4.78, 5) is 7.02. The normalized spacial score (nSPS) is 18.6. The lowest BCUT2D eigenvalue weighted by Crippen LogP contribution is -2.31. The Balaban J connectivity index is 1.90. The van der Waals surface area contributed by atoms with Gasteiger partial charge in [-0.05, 0) is 45.0 Å². The van der Waals surface area contributed by atoms with Gasteiger partial charge in [-0.15, -0.1) is 0 Å². The number of aryl methyl sites for hydroxylation is 1. The van der Waals surface area contributed by atoms with Gasteiger partial charge in [0.2, 0.25) is 0 Å². The second-order valence-corrected chi connectivity index (χ2v) is 5.13. The number of likely N-dealkylation sites (tertiary alicyclic amines) is 1. The van der Waals surface area contributed by atoms with Crippen LogP contribution in [0.3, 0.4) is 0 Å². The Kier molecular flexibility index (Phi) is 3.06. The van der Waals surface area contributed by atoms with Crippen LogP contribution < -0.4 is 5.73 Å². The van der Waals surface area contributed by atoms with E-state index in [2.05, 4.69) is 20.5 Å². The lowest BCUT2D eigenvalue weighted by molar-refractivity contribution is 0.313. The zero-order valence-electron chi connectivity index (χ0n) is 10.8. The van der Waals surface area contributed by atoms with E-state index in [-0.39, 0.29) is 6.04 Å². The number of hydrogen-bond donors (Lipinski definition) is 1. The Hall–Kier alpha value is -1.39. The second-order valence-electron chi connectivity index (χ2n) is 5.13. The lowest BCUT2D eigenvalue weighted by Gasteiger charge is -2.20. The van der Waals surface area contributed by atoms with E-state index in [4.69, 9.17) is 5.73 Å². The lowest BCUT2D eigenvalue weighted by atomic mass is 10.1. The maximum absolute atomic E-state index is 6.38. The predicted octanol–water partition coefficient (Wildman–Crippen LogP) is 1.74. The van der Waals surface area contributed by atoms with Crippen molar-refractivity contribution >= 4 is 5.65 Å². The van der Waals surface area contributed by atoms with Crippen LogP contribution in [0.25, 0.3) is 5.65 Å². The van der Waals surface area contributed by atoms with Crippen molar-refractivity contribution in [3.63, 3.8) is 0 Å². The summed E-state index contributed by atoms with van der Waals surface area (Å²) in [7, 11) is 0. The molecule has 1 atom stereocenters. The standard InChI is InChI=1S/C14H20N4/c1-11-14(12(15)10-17-7-4-5-8-17)18-9-3-2-6-13(18)16-11/h2-3,6,9,12H,4-5,7-8,10,15H2,1H3. The van der Waals surface area contributed by atoms with Gasteiger partial charge < -0.3 is 15.0 Å². The van der Waals surface area contributed by atoms with Crippen LogP contribution in [0.5, 0.6) is 0 Å². The van der Waals surface area contributed by atoms with Crippen molar-refractivity contribution in [2.45, 2.75) is 25.8 Å². The minimum absolute atomic E-state index is 0.0421. The van der Waals surface area contributed by atoms with Gasteiger partial charge >= 0.3 is 0 Å². The molecule has 2 N–H and O–H groups in total. The average molecular weight is 244 g/mol. The monoisotopic (exact) mass is 244 g/mol. The van der Waals surface area contributed by atoms with Gasteiger partial charge in [-0.2, -0.15) is 0 Å². The summed E-state index contributed by atoms with van der Waals surface area (Å²) in [6.45, 7) is 5.35. The first kappa shape index (κ1) is 11.7. The number of aromatic nitrogens is 2. The van der Waals surface area contributed by atoms with Gasteiger partial charge in [0.25, 0.3) is 0 Å². The first-order valence-corrected chi connectivity index (χ1v) is 6.67. The van der Waals surface area contributed by atoms with Crippen LogP contribution in [-0.4, -0.2) is 33.9 Å². The van der Waals surface area contributed by atoms with E-state index in [9.17, 15) is 0 Å². The van der Waals surface area contributed by atoms with Crippen LogP contribution in [0.1, 0.15) is 30.3 Å². The van der Waals surface area contributed by atoms with Crippen molar-refractivity contribution in [1.29, 1.82) is 0 Å². The van der Waals surface area contributed by atoms with Gasteiger partial charge in [0, 0.05) is 12.7 Å². The van der Waals surface area contributed by atoms with E-state index >= 15 is 0 Å². The molecule has 0 radical (unpaired) electrons. The van der Waals surface area contributed by atoms with Gasteiger partial charge in [0.15, 0.2) is 0 Å². The molecule has 1 aliphatic rings. The number of hydrogen-bond acceptors (Lipinski definition) is 3. The van der Waals surface area contributed by atoms with Crippen LogP contribution in [-0.2, 0) is 0 Å². The second kappa shape index (κ2) is 4.71. The zero-order valence-corrected chi connectivity index (χ0v) is 10.8. The molecule has 0 bridgehead atoms. The highest BCUT2D eigenvalue weighted by atomic mass is 15.2. The van der Waals surface area contributed by atoms with Gasteiger partial charge in [0.1, 0.15) is 5.65 Å². The molecule has 1 saturated heterocycles. The molecule has 0 aliphatic carbocycles. The molecule has 0 aromatic carbocycles. The van der Waals surface area contributed by atoms with Crippen molar-refractivity contribution in [1.82, 2.24) is 14.3 Å². The third-order valence-electron chi connectivity index (χ3n) is 3.76. The minimum atomic E-state index is 0.0421. The molecule has 96 valence electrons. The van der Waals surface area contributed by atoms with Crippen LogP contribution in [0.15, 0.2) is 24.4 Å². The fraction of sp³-hybridized carbons (Fsp3) is 0.500. The fourth-order valence-electron chi connectivity index (χ4n) is 2.91. The van der Waals surface area contributed by atoms with Crippen LogP contribution in [0.4, 0.5) is 0 Å². The fourth-order valence-corrected chi connectivity index (χ4v) is 2.91. The number of rotatable bonds is 3. The van der Waals surface area contributed by atoms with Crippen LogP contribution >= 0.6 is 0 Å². The molecular weight excluding hydrogens is 224 g/mol. The highest BCUT2D eigenvalue weighted by Crippen LogP contribution is 2.20. The van der Waals surface area contributed by atoms with Gasteiger partial charge in [0.05, 0.1) is 17.4 Å². The maximum Gasteiger partial charge on any atom is 0.137 e. The Morgan fingerprint density at radius 2 is 2.11 bits per heavy atom. The molecule has 0 saturated carbocycles. The van der Waals surface area contributed by atoms with Crippen molar-refractivity contribution in [2.75, 3.05) is 19.6 Å². The summed E-state index contributed by atoms with van der Waals surface area (Å²) in [5, 5.41) is 0. The molecule has 2 aromatic heterocycles. The van der Waals surface area contributed by atoms with E-state index in [1.807, 2.05) is 25.1 Å². The van der Waals surface area contributed by atoms with Crippen molar-refractivity contribution in [3.05, 3.63) is 35.8 Å². The molecule has 1 unspecified atom stereocenters. The quantitative estimate of drug-likeness (QED) is 0.894. The molecule has 1 aliphatic heterocycles. The minimum Gasteiger partial charge on any atom is -0.322 e. The van der Waals surface area contributed by atoms with Gasteiger partial charge in [-0.25, -0.2) is 4.98 Å². The van der Waals surface area contributed by atoms with Gasteiger partial charge in [-0.3, -0.25) is 0 Å². The van der Waals surface area contributed by atoms with Crippen molar-refractivity contribution in [2.24, 2.45) is 5.73 Å². The largest absolute Gasteiger partial charge is 0.322 e. The molecule has 4 nitrogen and oxygen atoms in total. The van der Waals surface area contributed by atoms with Crippen molar-refractivity contribution in [3.8, 4) is 0 Å². The summed E-state index contributed by atoms with van der Waals surface area (Å²) in [6, 6.07) is 6.11. The van der Waals surface area contributed by atoms with Crippen LogP contribution in [0.2, 0.25) is 0 Å². The number of pyridine rings is 1. The third-order valence-corrected chi connectivity index (χ3v) is 3.76. The number of fused-ring (bicyclic) bond motifs is 1. The van der Waals surface area contributed by atoms with E-state index in [0.717, 1.165) is 23.6 Å². The number of nitrogens with zero attached hydrogens (tertiary/aromatic N) is 3. The average Bonchev–Trinajstić information content (AvgIpc) is 2.94. The number of imidazole rings is 1. The first-order valence-electron chi connectivity index (χ1n) is 6.67. The first-order chi connectivity index (χ1) is 8.75. The topological polar surface area (TPSA) is 46.6 Å². The molecule has 0 spiro atoms. The summed E-state index contributed by atoms with van der Waals surface area (Å²) in [5.41, 5.74) is 9.57. The molecule has 0 amide bonds. The Morgan fingerprint density at radius 3 is 2.89 bits per heavy atom. The number of nitrogens with two attached hydrogens (primary N) is 1.